The summed E-state index contributed by atoms with van der Waals surface area (Å²) in [5.41, 5.74) is 1.71. The summed E-state index contributed by atoms with van der Waals surface area (Å²) >= 11 is 0. The summed E-state index contributed by atoms with van der Waals surface area (Å²) in [7, 11) is 1.15. The van der Waals surface area contributed by atoms with Crippen LogP contribution < -0.4 is 56.4 Å². The Morgan fingerprint density at radius 2 is 1.83 bits per heavy atom. The van der Waals surface area contributed by atoms with Crippen molar-refractivity contribution < 1.29 is 69.3 Å². The van der Waals surface area contributed by atoms with E-state index in [0.717, 1.165) is 30.8 Å². The normalized spacial score (nSPS) is 27.1. The van der Waals surface area contributed by atoms with Crippen molar-refractivity contribution in [1.29, 1.82) is 0 Å². The number of fused-ring (bicyclic) bond motifs is 2. The van der Waals surface area contributed by atoms with Gasteiger partial charge in [-0.25, -0.2) is 0 Å². The van der Waals surface area contributed by atoms with E-state index in [-0.39, 0.29) is 57.1 Å². The molecule has 2 bridgehead atoms. The van der Waals surface area contributed by atoms with Crippen LogP contribution in [0.25, 0.3) is 0 Å². The van der Waals surface area contributed by atoms with E-state index in [2.05, 4.69) is 37.9 Å². The molecule has 5 atom stereocenters. The molecule has 2 saturated heterocycles. The zero-order chi connectivity index (χ0) is 21.3. The number of nitrogens with zero attached hydrogens (tertiary/aromatic N) is 2. The fraction of sp³-hybridized carbons (Fsp3) is 0.500. The van der Waals surface area contributed by atoms with Gasteiger partial charge in [0.05, 0.1) is 17.8 Å². The molecular weight excluding hydrogens is 420 g/mol. The third kappa shape index (κ3) is 5.85. The average molecular weight is 447 g/mol. The monoisotopic (exact) mass is 446 g/mol. The minimum absolute atomic E-state index is 0. The van der Waals surface area contributed by atoms with Crippen molar-refractivity contribution in [3.63, 3.8) is 0 Å². The largest absolute Gasteiger partial charge is 1.00 e. The predicted octanol–water partition coefficient (Wildman–Crippen LogP) is 2.56. The SMILES string of the molecule is CN([O-])c1cccc(C(F)(F)F)c1.Cc1cc(C2CC3OC2[C@@H](C)C3C)ccn1.[K+]. The van der Waals surface area contributed by atoms with E-state index in [4.69, 9.17) is 4.74 Å². The molecule has 2 aliphatic heterocycles. The average Bonchev–Trinajstić information content (AvgIpc) is 3.22. The van der Waals surface area contributed by atoms with Crippen LogP contribution in [0.1, 0.15) is 43.0 Å². The van der Waals surface area contributed by atoms with Crippen LogP contribution in [0.2, 0.25) is 0 Å². The van der Waals surface area contributed by atoms with Crippen LogP contribution in [0.5, 0.6) is 0 Å². The molecule has 0 amide bonds. The van der Waals surface area contributed by atoms with Gasteiger partial charge in [0.1, 0.15) is 0 Å². The Morgan fingerprint density at radius 3 is 2.37 bits per heavy atom. The van der Waals surface area contributed by atoms with Gasteiger partial charge in [-0.2, -0.15) is 13.2 Å². The number of rotatable bonds is 2. The predicted molar refractivity (Wildman–Crippen MR) is 107 cm³/mol. The molecule has 1 aromatic carbocycles. The standard InChI is InChI=1S/C14H19NO.C8H7F3NO.K/c1-8-6-11(4-5-15-8)12-7-13-9(2)10(3)14(12)16-13;1-12(13)7-4-2-3-6(5-7)8(9,10)11;/h4-6,9-10,12-14H,7H2,1-3H3;2-5H,1H3;/q;-1;+1/t9?,10-,12?,13?,14?;;/m0../s1. The smallest absolute Gasteiger partial charge is 0.758 e. The summed E-state index contributed by atoms with van der Waals surface area (Å²) in [6, 6.07) is 8.63. The quantitative estimate of drug-likeness (QED) is 0.526. The number of aryl methyl sites for hydroxylation is 1. The van der Waals surface area contributed by atoms with Crippen molar-refractivity contribution in [2.75, 3.05) is 12.1 Å². The number of alkyl halides is 3. The first-order valence-corrected chi connectivity index (χ1v) is 9.74. The maximum Gasteiger partial charge on any atom is 1.00 e. The number of hydrogen-bond acceptors (Lipinski definition) is 4. The molecule has 0 saturated carbocycles. The number of pyridine rings is 1. The van der Waals surface area contributed by atoms with Gasteiger partial charge in [0.15, 0.2) is 0 Å². The molecule has 4 unspecified atom stereocenters. The summed E-state index contributed by atoms with van der Waals surface area (Å²) in [6.45, 7) is 6.71. The van der Waals surface area contributed by atoms with Gasteiger partial charge in [0.2, 0.25) is 0 Å². The van der Waals surface area contributed by atoms with E-state index in [1.807, 2.05) is 6.20 Å². The number of aromatic nitrogens is 1. The molecule has 0 spiro atoms. The molecule has 2 aliphatic rings. The molecule has 30 heavy (non-hydrogen) atoms. The van der Waals surface area contributed by atoms with Crippen molar-refractivity contribution in [3.8, 4) is 0 Å². The Hall–Kier alpha value is -0.484. The molecule has 158 valence electrons. The Bertz CT molecular complexity index is 845. The van der Waals surface area contributed by atoms with E-state index in [9.17, 15) is 18.4 Å². The number of hydroxylamine groups is 1. The van der Waals surface area contributed by atoms with Gasteiger partial charge >= 0.3 is 57.6 Å². The summed E-state index contributed by atoms with van der Waals surface area (Å²) in [5.74, 6) is 2.01. The van der Waals surface area contributed by atoms with Crippen LogP contribution in [0.3, 0.4) is 0 Å². The molecule has 8 heteroatoms. The minimum Gasteiger partial charge on any atom is -0.758 e. The molecule has 3 heterocycles. The molecule has 4 nitrogen and oxygen atoms in total. The van der Waals surface area contributed by atoms with E-state index >= 15 is 0 Å². The zero-order valence-electron chi connectivity index (χ0n) is 18.0. The summed E-state index contributed by atoms with van der Waals surface area (Å²) in [4.78, 5) is 4.27. The van der Waals surface area contributed by atoms with Crippen LogP contribution in [0.4, 0.5) is 18.9 Å². The van der Waals surface area contributed by atoms with E-state index in [1.54, 1.807) is 0 Å². The van der Waals surface area contributed by atoms with Crippen molar-refractivity contribution >= 4 is 5.69 Å². The number of hydrogen-bond donors (Lipinski definition) is 0. The molecule has 0 N–H and O–H groups in total. The van der Waals surface area contributed by atoms with Crippen LogP contribution >= 0.6 is 0 Å². The minimum atomic E-state index is -4.40. The Morgan fingerprint density at radius 1 is 1.13 bits per heavy atom. The van der Waals surface area contributed by atoms with Crippen LogP contribution in [0.15, 0.2) is 42.6 Å². The fourth-order valence-electron chi connectivity index (χ4n) is 4.21. The Balaban J connectivity index is 0.000000212. The van der Waals surface area contributed by atoms with Crippen molar-refractivity contribution in [3.05, 3.63) is 64.6 Å². The second-order valence-electron chi connectivity index (χ2n) is 7.98. The Labute approximate surface area is 218 Å². The third-order valence-corrected chi connectivity index (χ3v) is 6.03. The topological polar surface area (TPSA) is 48.4 Å². The van der Waals surface area contributed by atoms with Gasteiger partial charge in [-0.1, -0.05) is 19.9 Å². The summed E-state index contributed by atoms with van der Waals surface area (Å²) < 4.78 is 42.4. The van der Waals surface area contributed by atoms with Crippen molar-refractivity contribution in [1.82, 2.24) is 4.98 Å². The molecule has 0 aliphatic carbocycles. The molecule has 1 aromatic heterocycles. The molecule has 2 aromatic rings. The van der Waals surface area contributed by atoms with Gasteiger partial charge in [-0.05, 0) is 68.1 Å². The molecule has 4 rings (SSSR count). The number of ether oxygens (including phenoxy) is 1. The van der Waals surface area contributed by atoms with Crippen LogP contribution in [0, 0.1) is 24.0 Å². The first kappa shape index (κ1) is 25.8. The van der Waals surface area contributed by atoms with Gasteiger partial charge < -0.3 is 15.0 Å². The third-order valence-electron chi connectivity index (χ3n) is 6.03. The van der Waals surface area contributed by atoms with E-state index in [0.29, 0.717) is 29.1 Å². The second kappa shape index (κ2) is 10.4. The maximum atomic E-state index is 12.1. The summed E-state index contributed by atoms with van der Waals surface area (Å²) in [6.07, 6.45) is -0.364. The second-order valence-corrected chi connectivity index (χ2v) is 7.98. The maximum absolute atomic E-state index is 12.1. The van der Waals surface area contributed by atoms with E-state index < -0.39 is 11.7 Å². The van der Waals surface area contributed by atoms with Gasteiger partial charge in [0, 0.05) is 23.5 Å². The van der Waals surface area contributed by atoms with E-state index in [1.165, 1.54) is 24.1 Å². The van der Waals surface area contributed by atoms with Crippen LogP contribution in [-0.2, 0) is 10.9 Å². The molecule has 0 radical (unpaired) electrons. The van der Waals surface area contributed by atoms with Crippen molar-refractivity contribution in [2.45, 2.75) is 51.5 Å². The van der Waals surface area contributed by atoms with Gasteiger partial charge in [-0.3, -0.25) is 4.98 Å². The van der Waals surface area contributed by atoms with Gasteiger partial charge in [-0.15, -0.1) is 0 Å². The summed E-state index contributed by atoms with van der Waals surface area (Å²) in [5, 5.41) is 11.1. The van der Waals surface area contributed by atoms with Crippen molar-refractivity contribution in [2.24, 2.45) is 11.8 Å². The fourth-order valence-corrected chi connectivity index (χ4v) is 4.21. The zero-order valence-corrected chi connectivity index (χ0v) is 21.1. The van der Waals surface area contributed by atoms with Crippen LogP contribution in [-0.4, -0.2) is 24.2 Å². The molecule has 2 fully saturated rings. The van der Waals surface area contributed by atoms with Gasteiger partial charge in [0.25, 0.3) is 0 Å². The first-order valence-electron chi connectivity index (χ1n) is 9.74. The number of halogens is 3. The Kier molecular flexibility index (Phi) is 8.95. The number of benzene rings is 1. The number of anilines is 1. The molecular formula is C22H26F3KN2O2. The first-order chi connectivity index (χ1) is 13.6.